The number of oxime groups is 1. The third-order valence-corrected chi connectivity index (χ3v) is 4.94. The van der Waals surface area contributed by atoms with E-state index in [0.717, 1.165) is 16.6 Å². The van der Waals surface area contributed by atoms with Crippen molar-refractivity contribution in [3.8, 4) is 0 Å². The van der Waals surface area contributed by atoms with Gasteiger partial charge in [0.1, 0.15) is 0 Å². The summed E-state index contributed by atoms with van der Waals surface area (Å²) >= 11 is 2.06. The molecule has 98 valence electrons. The number of nitrogens with zero attached hydrogens (tertiary/aromatic N) is 1. The monoisotopic (exact) mass is 264 g/mol. The zero-order valence-corrected chi connectivity index (χ0v) is 11.5. The second kappa shape index (κ2) is 6.14. The van der Waals surface area contributed by atoms with Gasteiger partial charge >= 0.3 is 0 Å². The van der Waals surface area contributed by atoms with E-state index in [0.29, 0.717) is 0 Å². The molecule has 1 aromatic carbocycles. The molecule has 1 aliphatic rings. The average molecular weight is 264 g/mol. The van der Waals surface area contributed by atoms with Gasteiger partial charge in [-0.3, -0.25) is 0 Å². The summed E-state index contributed by atoms with van der Waals surface area (Å²) in [6, 6.07) is 6.00. The number of thioether (sulfide) groups is 1. The first-order valence-electron chi connectivity index (χ1n) is 6.39. The molecule has 0 amide bonds. The highest BCUT2D eigenvalue weighted by Gasteiger charge is 2.15. The van der Waals surface area contributed by atoms with Crippen LogP contribution in [-0.2, 0) is 5.75 Å². The summed E-state index contributed by atoms with van der Waals surface area (Å²) in [5.74, 6) is 1.24. The van der Waals surface area contributed by atoms with Crippen molar-refractivity contribution in [1.29, 1.82) is 0 Å². The maximum Gasteiger partial charge on any atom is 0.170 e. The Labute approximate surface area is 112 Å². The maximum atomic E-state index is 8.65. The van der Waals surface area contributed by atoms with Crippen LogP contribution in [0.25, 0.3) is 0 Å². The largest absolute Gasteiger partial charge is 0.409 e. The van der Waals surface area contributed by atoms with E-state index in [-0.39, 0.29) is 5.84 Å². The molecular formula is C14H20N2OS. The molecule has 0 bridgehead atoms. The van der Waals surface area contributed by atoms with Gasteiger partial charge in [0.25, 0.3) is 0 Å². The van der Waals surface area contributed by atoms with Crippen molar-refractivity contribution in [1.82, 2.24) is 0 Å². The average Bonchev–Trinajstić information content (AvgIpc) is 2.89. The molecule has 3 nitrogen and oxygen atoms in total. The van der Waals surface area contributed by atoms with Gasteiger partial charge in [0.2, 0.25) is 0 Å². The Kier molecular flexibility index (Phi) is 4.53. The molecule has 0 aromatic heterocycles. The predicted octanol–water partition coefficient (Wildman–Crippen LogP) is 3.27. The van der Waals surface area contributed by atoms with Crippen LogP contribution in [-0.4, -0.2) is 16.3 Å². The molecule has 2 rings (SSSR count). The van der Waals surface area contributed by atoms with Gasteiger partial charge in [-0.05, 0) is 37.0 Å². The summed E-state index contributed by atoms with van der Waals surface area (Å²) in [6.45, 7) is 2.08. The zero-order valence-electron chi connectivity index (χ0n) is 10.7. The lowest BCUT2D eigenvalue weighted by Crippen LogP contribution is -2.13. The molecule has 4 heteroatoms. The highest BCUT2D eigenvalue weighted by atomic mass is 32.2. The molecule has 0 atom stereocenters. The molecule has 0 aliphatic heterocycles. The topological polar surface area (TPSA) is 58.6 Å². The molecule has 1 aromatic rings. The maximum absolute atomic E-state index is 8.65. The Morgan fingerprint density at radius 2 is 2.17 bits per heavy atom. The van der Waals surface area contributed by atoms with Crippen molar-refractivity contribution in [3.05, 3.63) is 34.9 Å². The fraction of sp³-hybridized carbons (Fsp3) is 0.500. The zero-order chi connectivity index (χ0) is 13.0. The van der Waals surface area contributed by atoms with Crippen LogP contribution in [0.4, 0.5) is 0 Å². The number of hydrogen-bond donors (Lipinski definition) is 2. The number of aryl methyl sites for hydroxylation is 1. The molecule has 18 heavy (non-hydrogen) atoms. The Balaban J connectivity index is 2.00. The Hall–Kier alpha value is -1.16. The lowest BCUT2D eigenvalue weighted by molar-refractivity contribution is 0.318. The number of rotatable bonds is 4. The fourth-order valence-corrected chi connectivity index (χ4v) is 3.74. The standard InChI is InChI=1S/C14H20N2OS/c1-10-8-11(14(15)16-17)6-7-12(10)9-18-13-4-2-3-5-13/h6-8,13,17H,2-5,9H2,1H3,(H2,15,16). The third kappa shape index (κ3) is 3.19. The van der Waals surface area contributed by atoms with E-state index >= 15 is 0 Å². The minimum absolute atomic E-state index is 0.174. The van der Waals surface area contributed by atoms with Crippen LogP contribution in [0.3, 0.4) is 0 Å². The molecule has 0 heterocycles. The van der Waals surface area contributed by atoms with Crippen LogP contribution in [0.2, 0.25) is 0 Å². The fourth-order valence-electron chi connectivity index (χ4n) is 2.34. The van der Waals surface area contributed by atoms with E-state index in [1.807, 2.05) is 12.1 Å². The second-order valence-corrected chi connectivity index (χ2v) is 6.13. The first-order chi connectivity index (χ1) is 8.70. The van der Waals surface area contributed by atoms with Crippen LogP contribution in [0.15, 0.2) is 23.4 Å². The summed E-state index contributed by atoms with van der Waals surface area (Å²) < 4.78 is 0. The van der Waals surface area contributed by atoms with Gasteiger partial charge in [0.05, 0.1) is 0 Å². The molecule has 1 fully saturated rings. The molecular weight excluding hydrogens is 244 g/mol. The Morgan fingerprint density at radius 3 is 2.78 bits per heavy atom. The SMILES string of the molecule is Cc1cc(/C(N)=N/O)ccc1CSC1CCCC1. The van der Waals surface area contributed by atoms with Crippen LogP contribution in [0.5, 0.6) is 0 Å². The summed E-state index contributed by atoms with van der Waals surface area (Å²) in [5.41, 5.74) is 8.92. The van der Waals surface area contributed by atoms with Gasteiger partial charge < -0.3 is 10.9 Å². The highest BCUT2D eigenvalue weighted by molar-refractivity contribution is 7.99. The van der Waals surface area contributed by atoms with Crippen LogP contribution in [0, 0.1) is 6.92 Å². The van der Waals surface area contributed by atoms with Gasteiger partial charge in [-0.15, -0.1) is 0 Å². The van der Waals surface area contributed by atoms with Gasteiger partial charge in [0.15, 0.2) is 5.84 Å². The smallest absolute Gasteiger partial charge is 0.170 e. The summed E-state index contributed by atoms with van der Waals surface area (Å²) in [4.78, 5) is 0. The summed E-state index contributed by atoms with van der Waals surface area (Å²) in [5, 5.41) is 12.5. The Morgan fingerprint density at radius 1 is 1.44 bits per heavy atom. The quantitative estimate of drug-likeness (QED) is 0.380. The number of amidine groups is 1. The van der Waals surface area contributed by atoms with Gasteiger partial charge in [-0.25, -0.2) is 0 Å². The van der Waals surface area contributed by atoms with Crippen molar-refractivity contribution in [2.75, 3.05) is 0 Å². The summed E-state index contributed by atoms with van der Waals surface area (Å²) in [7, 11) is 0. The van der Waals surface area contributed by atoms with E-state index < -0.39 is 0 Å². The number of nitrogens with two attached hydrogens (primary N) is 1. The van der Waals surface area contributed by atoms with Crippen molar-refractivity contribution >= 4 is 17.6 Å². The first kappa shape index (κ1) is 13.3. The number of hydrogen-bond acceptors (Lipinski definition) is 3. The minimum Gasteiger partial charge on any atom is -0.409 e. The molecule has 0 unspecified atom stereocenters. The molecule has 3 N–H and O–H groups in total. The van der Waals surface area contributed by atoms with Crippen molar-refractivity contribution in [2.24, 2.45) is 10.9 Å². The lowest BCUT2D eigenvalue weighted by Gasteiger charge is -2.11. The third-order valence-electron chi connectivity index (χ3n) is 3.52. The minimum atomic E-state index is 0.174. The molecule has 0 radical (unpaired) electrons. The molecule has 0 spiro atoms. The summed E-state index contributed by atoms with van der Waals surface area (Å²) in [6.07, 6.45) is 5.51. The lowest BCUT2D eigenvalue weighted by atomic mass is 10.1. The van der Waals surface area contributed by atoms with Crippen LogP contribution < -0.4 is 5.73 Å². The molecule has 1 aliphatic carbocycles. The second-order valence-electron chi connectivity index (χ2n) is 4.84. The molecule has 1 saturated carbocycles. The van der Waals surface area contributed by atoms with E-state index in [9.17, 15) is 0 Å². The van der Waals surface area contributed by atoms with Crippen LogP contribution in [0.1, 0.15) is 42.4 Å². The van der Waals surface area contributed by atoms with Crippen molar-refractivity contribution < 1.29 is 5.21 Å². The first-order valence-corrected chi connectivity index (χ1v) is 7.44. The van der Waals surface area contributed by atoms with Gasteiger partial charge in [-0.1, -0.05) is 30.1 Å². The number of benzene rings is 1. The van der Waals surface area contributed by atoms with E-state index in [4.69, 9.17) is 10.9 Å². The van der Waals surface area contributed by atoms with Crippen molar-refractivity contribution in [3.63, 3.8) is 0 Å². The van der Waals surface area contributed by atoms with E-state index in [1.165, 1.54) is 36.8 Å². The van der Waals surface area contributed by atoms with Crippen molar-refractivity contribution in [2.45, 2.75) is 43.6 Å². The van der Waals surface area contributed by atoms with Gasteiger partial charge in [0, 0.05) is 16.6 Å². The normalized spacial score (nSPS) is 17.3. The highest BCUT2D eigenvalue weighted by Crippen LogP contribution is 2.32. The predicted molar refractivity (Wildman–Crippen MR) is 77.2 cm³/mol. The molecule has 0 saturated heterocycles. The van der Waals surface area contributed by atoms with E-state index in [2.05, 4.69) is 29.9 Å². The van der Waals surface area contributed by atoms with Gasteiger partial charge in [-0.2, -0.15) is 11.8 Å². The Bertz CT molecular complexity index is 439. The van der Waals surface area contributed by atoms with E-state index in [1.54, 1.807) is 0 Å². The van der Waals surface area contributed by atoms with Crippen LogP contribution >= 0.6 is 11.8 Å².